The van der Waals surface area contributed by atoms with Crippen LogP contribution in [0.3, 0.4) is 0 Å². The molecule has 0 spiro atoms. The summed E-state index contributed by atoms with van der Waals surface area (Å²) in [6, 6.07) is 4.45. The van der Waals surface area contributed by atoms with Crippen molar-refractivity contribution in [3.8, 4) is 5.75 Å². The number of halogens is 1. The Morgan fingerprint density at radius 3 is 2.78 bits per heavy atom. The van der Waals surface area contributed by atoms with Crippen molar-refractivity contribution < 1.29 is 4.74 Å². The van der Waals surface area contributed by atoms with Crippen molar-refractivity contribution in [2.75, 3.05) is 6.54 Å². The lowest BCUT2D eigenvalue weighted by Crippen LogP contribution is -2.41. The molecule has 1 N–H and O–H groups in total. The summed E-state index contributed by atoms with van der Waals surface area (Å²) in [5, 5.41) is 4.36. The zero-order valence-corrected chi connectivity index (χ0v) is 12.4. The molecule has 100 valence electrons. The molecule has 18 heavy (non-hydrogen) atoms. The molecule has 1 aliphatic rings. The topological polar surface area (TPSA) is 21.3 Å². The van der Waals surface area contributed by atoms with Gasteiger partial charge in [-0.2, -0.15) is 0 Å². The first-order chi connectivity index (χ1) is 8.49. The van der Waals surface area contributed by atoms with Crippen molar-refractivity contribution in [3.05, 3.63) is 28.3 Å². The lowest BCUT2D eigenvalue weighted by atomic mass is 9.86. The third-order valence-electron chi connectivity index (χ3n) is 3.86. The van der Waals surface area contributed by atoms with E-state index in [2.05, 4.69) is 38.2 Å². The van der Waals surface area contributed by atoms with Crippen LogP contribution in [0.25, 0.3) is 0 Å². The Morgan fingerprint density at radius 1 is 1.44 bits per heavy atom. The summed E-state index contributed by atoms with van der Waals surface area (Å²) in [7, 11) is 0. The van der Waals surface area contributed by atoms with Gasteiger partial charge in [-0.25, -0.2) is 0 Å². The van der Waals surface area contributed by atoms with Gasteiger partial charge in [0.2, 0.25) is 0 Å². The predicted octanol–water partition coefficient (Wildman–Crippen LogP) is 4.25. The molecule has 1 heterocycles. The van der Waals surface area contributed by atoms with Gasteiger partial charge in [0, 0.05) is 23.0 Å². The second-order valence-corrected chi connectivity index (χ2v) is 5.77. The fraction of sp³-hybridized carbons (Fsp3) is 0.600. The number of aryl methyl sites for hydroxylation is 1. The summed E-state index contributed by atoms with van der Waals surface area (Å²) >= 11 is 6.23. The minimum atomic E-state index is -0.0832. The Kier molecular flexibility index (Phi) is 3.88. The molecule has 0 saturated heterocycles. The lowest BCUT2D eigenvalue weighted by Gasteiger charge is -2.40. The predicted molar refractivity (Wildman–Crippen MR) is 76.5 cm³/mol. The Morgan fingerprint density at radius 2 is 2.17 bits per heavy atom. The van der Waals surface area contributed by atoms with E-state index in [4.69, 9.17) is 16.3 Å². The van der Waals surface area contributed by atoms with Crippen LogP contribution in [0.4, 0.5) is 0 Å². The molecule has 0 radical (unpaired) electrons. The molecule has 3 heteroatoms. The second kappa shape index (κ2) is 5.10. The van der Waals surface area contributed by atoms with Gasteiger partial charge in [0.1, 0.15) is 11.4 Å². The maximum Gasteiger partial charge on any atom is 0.125 e. The van der Waals surface area contributed by atoms with Gasteiger partial charge < -0.3 is 10.1 Å². The first kappa shape index (κ1) is 13.7. The van der Waals surface area contributed by atoms with Crippen LogP contribution < -0.4 is 10.1 Å². The van der Waals surface area contributed by atoms with Gasteiger partial charge in [-0.15, -0.1) is 0 Å². The van der Waals surface area contributed by atoms with Crippen LogP contribution >= 0.6 is 11.6 Å². The minimum Gasteiger partial charge on any atom is -0.487 e. The smallest absolute Gasteiger partial charge is 0.125 e. The highest BCUT2D eigenvalue weighted by Gasteiger charge is 2.35. The van der Waals surface area contributed by atoms with Crippen molar-refractivity contribution in [1.82, 2.24) is 5.32 Å². The largest absolute Gasteiger partial charge is 0.487 e. The number of benzene rings is 1. The van der Waals surface area contributed by atoms with Crippen molar-refractivity contribution in [2.24, 2.45) is 0 Å². The van der Waals surface area contributed by atoms with Gasteiger partial charge in [-0.3, -0.25) is 0 Å². The fourth-order valence-corrected chi connectivity index (χ4v) is 2.70. The molecule has 2 atom stereocenters. The van der Waals surface area contributed by atoms with Crippen molar-refractivity contribution in [2.45, 2.75) is 52.2 Å². The first-order valence-corrected chi connectivity index (χ1v) is 7.09. The number of ether oxygens (including phenoxy) is 1. The average molecular weight is 268 g/mol. The number of rotatable bonds is 3. The molecule has 0 bridgehead atoms. The van der Waals surface area contributed by atoms with Gasteiger partial charge in [0.25, 0.3) is 0 Å². The quantitative estimate of drug-likeness (QED) is 0.884. The van der Waals surface area contributed by atoms with Gasteiger partial charge in [0.15, 0.2) is 0 Å². The maximum absolute atomic E-state index is 6.23. The van der Waals surface area contributed by atoms with Gasteiger partial charge in [0.05, 0.1) is 0 Å². The normalized spacial score (nSPS) is 26.6. The van der Waals surface area contributed by atoms with Gasteiger partial charge >= 0.3 is 0 Å². The standard InChI is InChI=1S/C15H22ClNO/c1-5-15(4)9-13(17-6-2)11-8-12(16)10(3)7-14(11)18-15/h7-8,13,17H,5-6,9H2,1-4H3. The molecule has 0 saturated carbocycles. The van der Waals surface area contributed by atoms with E-state index in [1.165, 1.54) is 5.56 Å². The molecule has 2 nitrogen and oxygen atoms in total. The highest BCUT2D eigenvalue weighted by Crippen LogP contribution is 2.42. The summed E-state index contributed by atoms with van der Waals surface area (Å²) in [6.07, 6.45) is 2.00. The Bertz CT molecular complexity index is 446. The Labute approximate surface area is 115 Å². The summed E-state index contributed by atoms with van der Waals surface area (Å²) in [4.78, 5) is 0. The van der Waals surface area contributed by atoms with Crippen LogP contribution in [0.2, 0.25) is 5.02 Å². The molecule has 2 rings (SSSR count). The van der Waals surface area contributed by atoms with E-state index in [1.807, 2.05) is 6.92 Å². The lowest BCUT2D eigenvalue weighted by molar-refractivity contribution is 0.0445. The molecule has 1 aromatic rings. The third kappa shape index (κ3) is 2.50. The van der Waals surface area contributed by atoms with Crippen molar-refractivity contribution in [1.29, 1.82) is 0 Å². The number of hydrogen-bond donors (Lipinski definition) is 1. The van der Waals surface area contributed by atoms with Gasteiger partial charge in [-0.05, 0) is 44.5 Å². The van der Waals surface area contributed by atoms with E-state index < -0.39 is 0 Å². The van der Waals surface area contributed by atoms with E-state index in [0.29, 0.717) is 6.04 Å². The molecular weight excluding hydrogens is 246 g/mol. The van der Waals surface area contributed by atoms with E-state index in [0.717, 1.165) is 35.7 Å². The minimum absolute atomic E-state index is 0.0832. The Balaban J connectivity index is 2.44. The van der Waals surface area contributed by atoms with Crippen molar-refractivity contribution >= 4 is 11.6 Å². The van der Waals surface area contributed by atoms with Crippen LogP contribution in [0.1, 0.15) is 50.8 Å². The van der Waals surface area contributed by atoms with E-state index in [1.54, 1.807) is 0 Å². The average Bonchev–Trinajstić information content (AvgIpc) is 2.32. The van der Waals surface area contributed by atoms with Crippen LogP contribution in [-0.2, 0) is 0 Å². The van der Waals surface area contributed by atoms with Crippen LogP contribution in [0.15, 0.2) is 12.1 Å². The highest BCUT2D eigenvalue weighted by atomic mass is 35.5. The summed E-state index contributed by atoms with van der Waals surface area (Å²) in [5.41, 5.74) is 2.18. The molecule has 1 aliphatic heterocycles. The van der Waals surface area contributed by atoms with Crippen LogP contribution in [-0.4, -0.2) is 12.1 Å². The number of nitrogens with one attached hydrogen (secondary N) is 1. The molecule has 0 fully saturated rings. The van der Waals surface area contributed by atoms with E-state index in [-0.39, 0.29) is 5.60 Å². The van der Waals surface area contributed by atoms with E-state index >= 15 is 0 Å². The van der Waals surface area contributed by atoms with Crippen LogP contribution in [0, 0.1) is 6.92 Å². The molecule has 0 aliphatic carbocycles. The molecular formula is C15H22ClNO. The van der Waals surface area contributed by atoms with Crippen molar-refractivity contribution in [3.63, 3.8) is 0 Å². The first-order valence-electron chi connectivity index (χ1n) is 6.71. The Hall–Kier alpha value is -0.730. The van der Waals surface area contributed by atoms with Gasteiger partial charge in [-0.1, -0.05) is 25.4 Å². The molecule has 2 unspecified atom stereocenters. The van der Waals surface area contributed by atoms with E-state index in [9.17, 15) is 0 Å². The second-order valence-electron chi connectivity index (χ2n) is 5.36. The summed E-state index contributed by atoms with van der Waals surface area (Å²) in [6.45, 7) is 9.47. The number of fused-ring (bicyclic) bond motifs is 1. The SMILES string of the molecule is CCNC1CC(C)(CC)Oc2cc(C)c(Cl)cc21. The maximum atomic E-state index is 6.23. The molecule has 1 aromatic carbocycles. The molecule has 0 aromatic heterocycles. The van der Waals surface area contributed by atoms with Crippen LogP contribution in [0.5, 0.6) is 5.75 Å². The highest BCUT2D eigenvalue weighted by molar-refractivity contribution is 6.31. The summed E-state index contributed by atoms with van der Waals surface area (Å²) < 4.78 is 6.18. The fourth-order valence-electron chi connectivity index (χ4n) is 2.53. The monoisotopic (exact) mass is 267 g/mol. The third-order valence-corrected chi connectivity index (χ3v) is 4.26. The molecule has 0 amide bonds. The number of hydrogen-bond acceptors (Lipinski definition) is 2. The summed E-state index contributed by atoms with van der Waals surface area (Å²) in [5.74, 6) is 0.985. The zero-order valence-electron chi connectivity index (χ0n) is 11.6. The zero-order chi connectivity index (χ0) is 13.3.